The zero-order valence-corrected chi connectivity index (χ0v) is 17.0. The van der Waals surface area contributed by atoms with Crippen LogP contribution in [0.2, 0.25) is 0 Å². The number of methoxy groups -OCH3 is 1. The molecule has 7 nitrogen and oxygen atoms in total. The number of nitrogens with zero attached hydrogens (tertiary/aromatic N) is 1. The van der Waals surface area contributed by atoms with Crippen LogP contribution in [0.3, 0.4) is 0 Å². The fourth-order valence-corrected chi connectivity index (χ4v) is 3.30. The number of rotatable bonds is 7. The summed E-state index contributed by atoms with van der Waals surface area (Å²) in [6, 6.07) is 22.0. The molecule has 0 radical (unpaired) electrons. The summed E-state index contributed by atoms with van der Waals surface area (Å²) in [5, 5.41) is 2.80. The molecule has 1 aliphatic rings. The summed E-state index contributed by atoms with van der Waals surface area (Å²) in [6.07, 6.45) is 0. The van der Waals surface area contributed by atoms with Gasteiger partial charge < -0.3 is 24.4 Å². The van der Waals surface area contributed by atoms with Crippen molar-refractivity contribution in [3.05, 3.63) is 78.4 Å². The second-order valence-corrected chi connectivity index (χ2v) is 6.92. The van der Waals surface area contributed by atoms with Crippen molar-refractivity contribution in [1.82, 2.24) is 0 Å². The number of anilines is 2. The lowest BCUT2D eigenvalue weighted by atomic mass is 10.1. The van der Waals surface area contributed by atoms with E-state index < -0.39 is 0 Å². The van der Waals surface area contributed by atoms with Crippen LogP contribution in [0.1, 0.15) is 5.56 Å². The number of ether oxygens (including phenoxy) is 3. The van der Waals surface area contributed by atoms with Crippen LogP contribution >= 0.6 is 0 Å². The van der Waals surface area contributed by atoms with Crippen LogP contribution in [0.5, 0.6) is 17.2 Å². The van der Waals surface area contributed by atoms with Crippen LogP contribution in [0, 0.1) is 0 Å². The Morgan fingerprint density at radius 2 is 1.77 bits per heavy atom. The molecule has 4 rings (SSSR count). The first-order valence-electron chi connectivity index (χ1n) is 9.81. The molecule has 7 heteroatoms. The van der Waals surface area contributed by atoms with Crippen molar-refractivity contribution in [1.29, 1.82) is 0 Å². The molecule has 3 aromatic rings. The molecule has 1 aliphatic heterocycles. The monoisotopic (exact) mass is 418 g/mol. The van der Waals surface area contributed by atoms with Crippen LogP contribution in [0.25, 0.3) is 0 Å². The number of nitrogens with one attached hydrogen (secondary N) is 1. The molecular weight excluding hydrogens is 396 g/mol. The van der Waals surface area contributed by atoms with Gasteiger partial charge in [-0.2, -0.15) is 0 Å². The minimum atomic E-state index is -0.330. The number of carbonyl (C=O) groups excluding carboxylic acids is 2. The predicted octanol–water partition coefficient (Wildman–Crippen LogP) is 3.64. The van der Waals surface area contributed by atoms with Gasteiger partial charge in [-0.3, -0.25) is 9.59 Å². The predicted molar refractivity (Wildman–Crippen MR) is 117 cm³/mol. The Labute approximate surface area is 180 Å². The van der Waals surface area contributed by atoms with Crippen molar-refractivity contribution in [2.24, 2.45) is 0 Å². The fourth-order valence-electron chi connectivity index (χ4n) is 3.30. The second-order valence-electron chi connectivity index (χ2n) is 6.92. The first kappa shape index (κ1) is 20.3. The first-order chi connectivity index (χ1) is 15.1. The Morgan fingerprint density at radius 1 is 1.03 bits per heavy atom. The zero-order chi connectivity index (χ0) is 21.6. The van der Waals surface area contributed by atoms with E-state index >= 15 is 0 Å². The minimum absolute atomic E-state index is 0.0156. The summed E-state index contributed by atoms with van der Waals surface area (Å²) < 4.78 is 16.3. The van der Waals surface area contributed by atoms with Gasteiger partial charge in [0.25, 0.3) is 11.8 Å². The van der Waals surface area contributed by atoms with Gasteiger partial charge >= 0.3 is 0 Å². The van der Waals surface area contributed by atoms with Crippen LogP contribution in [-0.4, -0.2) is 32.1 Å². The van der Waals surface area contributed by atoms with Crippen LogP contribution in [0.4, 0.5) is 11.4 Å². The van der Waals surface area contributed by atoms with Crippen molar-refractivity contribution in [3.8, 4) is 17.2 Å². The van der Waals surface area contributed by atoms with Gasteiger partial charge in [0.2, 0.25) is 0 Å². The first-order valence-corrected chi connectivity index (χ1v) is 9.81. The van der Waals surface area contributed by atoms with Gasteiger partial charge in [0, 0.05) is 5.69 Å². The maximum absolute atomic E-state index is 12.5. The Morgan fingerprint density at radius 3 is 2.55 bits per heavy atom. The topological polar surface area (TPSA) is 77.1 Å². The van der Waals surface area contributed by atoms with E-state index in [0.717, 1.165) is 5.56 Å². The molecule has 0 spiro atoms. The SMILES string of the molecule is COc1ccccc1OCC(=O)Nc1ccc2c(c1)N(Cc1ccccc1)C(=O)CO2. The number of fused-ring (bicyclic) bond motifs is 1. The largest absolute Gasteiger partial charge is 0.493 e. The lowest BCUT2D eigenvalue weighted by Gasteiger charge is -2.30. The zero-order valence-electron chi connectivity index (χ0n) is 17.0. The smallest absolute Gasteiger partial charge is 0.265 e. The average molecular weight is 418 g/mol. The number of hydrogen-bond acceptors (Lipinski definition) is 5. The molecule has 0 saturated heterocycles. The average Bonchev–Trinajstić information content (AvgIpc) is 2.80. The van der Waals surface area contributed by atoms with Gasteiger partial charge in [-0.1, -0.05) is 42.5 Å². The fraction of sp³-hybridized carbons (Fsp3) is 0.167. The van der Waals surface area contributed by atoms with Gasteiger partial charge in [0.15, 0.2) is 24.7 Å². The third-order valence-electron chi connectivity index (χ3n) is 4.80. The van der Waals surface area contributed by atoms with Crippen molar-refractivity contribution in [3.63, 3.8) is 0 Å². The molecule has 31 heavy (non-hydrogen) atoms. The molecule has 1 heterocycles. The van der Waals surface area contributed by atoms with E-state index in [9.17, 15) is 9.59 Å². The third-order valence-corrected chi connectivity index (χ3v) is 4.80. The number of benzene rings is 3. The highest BCUT2D eigenvalue weighted by atomic mass is 16.5. The van der Waals surface area contributed by atoms with E-state index in [1.165, 1.54) is 0 Å². The summed E-state index contributed by atoms with van der Waals surface area (Å²) >= 11 is 0. The van der Waals surface area contributed by atoms with Gasteiger partial charge in [0.05, 0.1) is 19.3 Å². The maximum atomic E-state index is 12.5. The quantitative estimate of drug-likeness (QED) is 0.634. The second kappa shape index (κ2) is 9.21. The Balaban J connectivity index is 1.46. The summed E-state index contributed by atoms with van der Waals surface area (Å²) in [5.41, 5.74) is 2.16. The van der Waals surface area contributed by atoms with Gasteiger partial charge in [0.1, 0.15) is 5.75 Å². The summed E-state index contributed by atoms with van der Waals surface area (Å²) in [4.78, 5) is 26.6. The molecule has 0 fully saturated rings. The highest BCUT2D eigenvalue weighted by Crippen LogP contribution is 2.35. The highest BCUT2D eigenvalue weighted by Gasteiger charge is 2.26. The lowest BCUT2D eigenvalue weighted by molar-refractivity contribution is -0.121. The molecule has 2 amide bonds. The third kappa shape index (κ3) is 4.78. The molecule has 0 unspecified atom stereocenters. The van der Waals surface area contributed by atoms with Crippen LogP contribution < -0.4 is 24.4 Å². The summed E-state index contributed by atoms with van der Waals surface area (Å²) in [6.45, 7) is 0.225. The van der Waals surface area contributed by atoms with Gasteiger partial charge in [-0.25, -0.2) is 0 Å². The van der Waals surface area contributed by atoms with Gasteiger partial charge in [-0.15, -0.1) is 0 Å². The van der Waals surface area contributed by atoms with Crippen LogP contribution in [0.15, 0.2) is 72.8 Å². The van der Waals surface area contributed by atoms with E-state index in [1.807, 2.05) is 36.4 Å². The Bertz CT molecular complexity index is 1080. The Kier molecular flexibility index (Phi) is 6.03. The van der Waals surface area contributed by atoms with E-state index in [4.69, 9.17) is 14.2 Å². The molecule has 158 valence electrons. The molecule has 1 N–H and O–H groups in total. The molecule has 0 aromatic heterocycles. The maximum Gasteiger partial charge on any atom is 0.265 e. The number of amides is 2. The van der Waals surface area contributed by atoms with E-state index in [1.54, 1.807) is 48.4 Å². The summed E-state index contributed by atoms with van der Waals surface area (Å²) in [7, 11) is 1.54. The molecule has 0 atom stereocenters. The normalized spacial score (nSPS) is 12.5. The minimum Gasteiger partial charge on any atom is -0.493 e. The van der Waals surface area contributed by atoms with Crippen molar-refractivity contribution in [2.75, 3.05) is 30.5 Å². The van der Waals surface area contributed by atoms with E-state index in [0.29, 0.717) is 35.2 Å². The highest BCUT2D eigenvalue weighted by molar-refractivity contribution is 5.99. The molecule has 3 aromatic carbocycles. The molecule has 0 aliphatic carbocycles. The van der Waals surface area contributed by atoms with E-state index in [-0.39, 0.29) is 25.0 Å². The molecule has 0 bridgehead atoms. The number of para-hydroxylation sites is 2. The van der Waals surface area contributed by atoms with Crippen LogP contribution in [-0.2, 0) is 16.1 Å². The standard InChI is InChI=1S/C24H22N2O5/c1-29-21-9-5-6-10-22(21)30-15-23(27)25-18-11-12-20-19(13-18)26(24(28)16-31-20)14-17-7-3-2-4-8-17/h2-13H,14-16H2,1H3,(H,25,27). The molecular formula is C24H22N2O5. The number of carbonyl (C=O) groups is 2. The van der Waals surface area contributed by atoms with E-state index in [2.05, 4.69) is 5.32 Å². The van der Waals surface area contributed by atoms with Crippen molar-refractivity contribution in [2.45, 2.75) is 6.54 Å². The Hall–Kier alpha value is -4.00. The summed E-state index contributed by atoms with van der Waals surface area (Å²) in [5.74, 6) is 1.16. The van der Waals surface area contributed by atoms with Gasteiger partial charge in [-0.05, 0) is 35.9 Å². The molecule has 0 saturated carbocycles. The number of hydrogen-bond donors (Lipinski definition) is 1. The lowest BCUT2D eigenvalue weighted by Crippen LogP contribution is -2.38. The van der Waals surface area contributed by atoms with Crippen molar-refractivity contribution >= 4 is 23.2 Å². The van der Waals surface area contributed by atoms with Crippen molar-refractivity contribution < 1.29 is 23.8 Å².